The van der Waals surface area contributed by atoms with E-state index in [1.165, 1.54) is 29.2 Å². The maximum Gasteiger partial charge on any atom is 0.309 e. The van der Waals surface area contributed by atoms with Crippen LogP contribution in [0, 0.1) is 26.2 Å². The number of benzene rings is 1. The Morgan fingerprint density at radius 2 is 1.66 bits per heavy atom. The molecule has 0 spiro atoms. The zero-order chi connectivity index (χ0) is 24.5. The third kappa shape index (κ3) is 9.07. The molecule has 1 amide bonds. The predicted octanol–water partition coefficient (Wildman–Crippen LogP) is 5.87. The number of carboxylic acids is 1. The molecule has 0 radical (unpaired) electrons. The second kappa shape index (κ2) is 12.7. The van der Waals surface area contributed by atoms with Gasteiger partial charge in [0.1, 0.15) is 0 Å². The van der Waals surface area contributed by atoms with Crippen molar-refractivity contribution in [2.45, 2.75) is 99.5 Å². The molecule has 1 aromatic rings. The van der Waals surface area contributed by atoms with Gasteiger partial charge in [0.05, 0.1) is 5.41 Å². The molecule has 0 bridgehead atoms. The van der Waals surface area contributed by atoms with Crippen molar-refractivity contribution in [1.29, 1.82) is 0 Å². The molecule has 0 saturated heterocycles. The number of carbonyl (C=O) groups is 2. The summed E-state index contributed by atoms with van der Waals surface area (Å²) in [6.45, 7) is 13.3. The third-order valence-electron chi connectivity index (χ3n) is 6.15. The molecule has 0 aliphatic rings. The summed E-state index contributed by atoms with van der Waals surface area (Å²) in [7, 11) is 0. The van der Waals surface area contributed by atoms with Gasteiger partial charge >= 0.3 is 5.97 Å². The van der Waals surface area contributed by atoms with Crippen LogP contribution < -0.4 is 5.73 Å². The van der Waals surface area contributed by atoms with Gasteiger partial charge in [-0.2, -0.15) is 0 Å². The highest BCUT2D eigenvalue weighted by Gasteiger charge is 2.25. The van der Waals surface area contributed by atoms with Gasteiger partial charge in [0, 0.05) is 18.7 Å². The van der Waals surface area contributed by atoms with Gasteiger partial charge in [0.2, 0.25) is 5.91 Å². The molecule has 0 aliphatic heterocycles. The van der Waals surface area contributed by atoms with Gasteiger partial charge in [0.15, 0.2) is 0 Å². The van der Waals surface area contributed by atoms with Gasteiger partial charge in [-0.05, 0) is 95.1 Å². The minimum Gasteiger partial charge on any atom is -0.481 e. The number of aryl methyl sites for hydroxylation is 3. The molecule has 0 aliphatic carbocycles. The molecule has 0 heterocycles. The average Bonchev–Trinajstić information content (AvgIpc) is 2.67. The molecule has 1 unspecified atom stereocenters. The van der Waals surface area contributed by atoms with Gasteiger partial charge < -0.3 is 10.8 Å². The Bertz CT molecular complexity index is 864. The second-order valence-corrected chi connectivity index (χ2v) is 9.70. The molecule has 0 aromatic heterocycles. The fourth-order valence-corrected chi connectivity index (χ4v) is 3.80. The quantitative estimate of drug-likeness (QED) is 0.313. The summed E-state index contributed by atoms with van der Waals surface area (Å²) in [5.74, 6) is -0.962. The van der Waals surface area contributed by atoms with Crippen LogP contribution in [-0.2, 0) is 16.0 Å². The zero-order valence-corrected chi connectivity index (χ0v) is 21.0. The van der Waals surface area contributed by atoms with Gasteiger partial charge in [0.25, 0.3) is 0 Å². The first-order chi connectivity index (χ1) is 14.8. The number of nitrogens with zero attached hydrogens (tertiary/aromatic N) is 1. The van der Waals surface area contributed by atoms with Crippen LogP contribution >= 0.6 is 0 Å². The van der Waals surface area contributed by atoms with Crippen molar-refractivity contribution in [3.8, 4) is 0 Å². The number of allylic oxidation sites excluding steroid dienone is 1. The van der Waals surface area contributed by atoms with E-state index < -0.39 is 11.4 Å². The molecule has 1 atom stereocenters. The monoisotopic (exact) mass is 442 g/mol. The normalized spacial score (nSPS) is 13.9. The first-order valence-electron chi connectivity index (χ1n) is 11.7. The Morgan fingerprint density at radius 3 is 2.22 bits per heavy atom. The summed E-state index contributed by atoms with van der Waals surface area (Å²) in [5, 5.41) is 9.23. The topological polar surface area (TPSA) is 92.8 Å². The lowest BCUT2D eigenvalue weighted by Crippen LogP contribution is -2.25. The summed E-state index contributed by atoms with van der Waals surface area (Å²) in [4.78, 5) is 27.3. The molecule has 32 heavy (non-hydrogen) atoms. The van der Waals surface area contributed by atoms with E-state index in [9.17, 15) is 14.7 Å². The predicted molar refractivity (Wildman–Crippen MR) is 133 cm³/mol. The van der Waals surface area contributed by atoms with E-state index in [1.54, 1.807) is 13.8 Å². The summed E-state index contributed by atoms with van der Waals surface area (Å²) in [6.07, 6.45) is 7.94. The lowest BCUT2D eigenvalue weighted by molar-refractivity contribution is -0.147. The molecule has 3 N–H and O–H groups in total. The van der Waals surface area contributed by atoms with Crippen molar-refractivity contribution in [3.05, 3.63) is 46.0 Å². The highest BCUT2D eigenvalue weighted by atomic mass is 16.4. The highest BCUT2D eigenvalue weighted by molar-refractivity contribution is 6.06. The first kappa shape index (κ1) is 27.8. The highest BCUT2D eigenvalue weighted by Crippen LogP contribution is 2.24. The van der Waals surface area contributed by atoms with Crippen LogP contribution in [0.1, 0.15) is 88.5 Å². The number of amides is 1. The number of aliphatic imine (C=N–C) groups is 1. The molecule has 5 heteroatoms. The van der Waals surface area contributed by atoms with E-state index in [2.05, 4.69) is 44.0 Å². The van der Waals surface area contributed by atoms with Crippen molar-refractivity contribution in [2.75, 3.05) is 0 Å². The van der Waals surface area contributed by atoms with Gasteiger partial charge in [-0.15, -0.1) is 0 Å². The molecule has 0 fully saturated rings. The van der Waals surface area contributed by atoms with Crippen LogP contribution in [0.3, 0.4) is 0 Å². The van der Waals surface area contributed by atoms with Crippen LogP contribution in [0.4, 0.5) is 0 Å². The molecule has 1 aromatic carbocycles. The maximum atomic E-state index is 11.8. The Labute approximate surface area is 194 Å². The molecular formula is C27H42N2O3. The Hall–Kier alpha value is -2.27. The van der Waals surface area contributed by atoms with E-state index in [0.29, 0.717) is 12.8 Å². The van der Waals surface area contributed by atoms with E-state index in [0.717, 1.165) is 43.4 Å². The van der Waals surface area contributed by atoms with Crippen LogP contribution in [0.25, 0.3) is 0 Å². The first-order valence-corrected chi connectivity index (χ1v) is 11.7. The molecule has 0 saturated carbocycles. The van der Waals surface area contributed by atoms with E-state index in [1.807, 2.05) is 6.92 Å². The van der Waals surface area contributed by atoms with Crippen molar-refractivity contribution >= 4 is 17.6 Å². The number of rotatable bonds is 12. The van der Waals surface area contributed by atoms with Crippen LogP contribution in [0.2, 0.25) is 0 Å². The Kier molecular flexibility index (Phi) is 11.0. The third-order valence-corrected chi connectivity index (χ3v) is 6.15. The van der Waals surface area contributed by atoms with Crippen LogP contribution in [0.5, 0.6) is 0 Å². The average molecular weight is 443 g/mol. The van der Waals surface area contributed by atoms with E-state index in [4.69, 9.17) is 5.73 Å². The van der Waals surface area contributed by atoms with Crippen molar-refractivity contribution in [2.24, 2.45) is 16.1 Å². The fraction of sp³-hybridized carbons (Fsp3) is 0.593. The fourth-order valence-electron chi connectivity index (χ4n) is 3.80. The van der Waals surface area contributed by atoms with Gasteiger partial charge in [-0.25, -0.2) is 4.99 Å². The van der Waals surface area contributed by atoms with Gasteiger partial charge in [-0.3, -0.25) is 9.59 Å². The summed E-state index contributed by atoms with van der Waals surface area (Å²) < 4.78 is 0. The second-order valence-electron chi connectivity index (χ2n) is 9.70. The Morgan fingerprint density at radius 1 is 1.06 bits per heavy atom. The lowest BCUT2D eigenvalue weighted by atomic mass is 9.87. The summed E-state index contributed by atoms with van der Waals surface area (Å²) >= 11 is 0. The number of nitrogens with two attached hydrogens (primary N) is 1. The molecule has 5 nitrogen and oxygen atoms in total. The van der Waals surface area contributed by atoms with Crippen molar-refractivity contribution in [3.63, 3.8) is 0 Å². The molecule has 178 valence electrons. The zero-order valence-electron chi connectivity index (χ0n) is 21.0. The number of carbonyl (C=O) groups excluding carboxylic acids is 1. The van der Waals surface area contributed by atoms with Crippen molar-refractivity contribution in [1.82, 2.24) is 0 Å². The number of aliphatic carboxylic acids is 1. The maximum absolute atomic E-state index is 11.8. The number of carboxylic acid groups (broad SMARTS) is 1. The molecular weight excluding hydrogens is 400 g/mol. The number of hydrogen-bond acceptors (Lipinski definition) is 3. The van der Waals surface area contributed by atoms with E-state index >= 15 is 0 Å². The summed E-state index contributed by atoms with van der Waals surface area (Å²) in [5.41, 5.74) is 12.4. The minimum atomic E-state index is -0.751. The SMILES string of the molecule is CC(=O)N=C(CCCCCCC(C)(C)C(=O)O)C(=CCc1cc(C)c(C)cc1C)C(C)N. The largest absolute Gasteiger partial charge is 0.481 e. The number of unbranched alkanes of at least 4 members (excludes halogenated alkanes) is 3. The smallest absolute Gasteiger partial charge is 0.309 e. The number of hydrogen-bond donors (Lipinski definition) is 2. The molecule has 1 rings (SSSR count). The van der Waals surface area contributed by atoms with Gasteiger partial charge in [-0.1, -0.05) is 37.5 Å². The van der Waals surface area contributed by atoms with Crippen LogP contribution in [-0.4, -0.2) is 28.7 Å². The summed E-state index contributed by atoms with van der Waals surface area (Å²) in [6, 6.07) is 4.22. The van der Waals surface area contributed by atoms with E-state index in [-0.39, 0.29) is 11.9 Å². The minimum absolute atomic E-state index is 0.211. The Balaban J connectivity index is 2.84. The van der Waals surface area contributed by atoms with Crippen molar-refractivity contribution < 1.29 is 14.7 Å². The lowest BCUT2D eigenvalue weighted by Gasteiger charge is -2.18. The standard InChI is InChI=1S/C27H42N2O3/c1-18-16-20(3)23(17-19(18)2)13-14-24(21(4)28)25(29-22(5)30)12-10-8-9-11-15-27(6,7)26(31)32/h14,16-17,21H,8-13,15,28H2,1-7H3,(H,31,32). The van der Waals surface area contributed by atoms with Crippen LogP contribution in [0.15, 0.2) is 28.8 Å².